The van der Waals surface area contributed by atoms with Crippen LogP contribution in [0.25, 0.3) is 0 Å². The Kier molecular flexibility index (Phi) is 4.80. The quantitative estimate of drug-likeness (QED) is 0.880. The zero-order valence-corrected chi connectivity index (χ0v) is 11.9. The maximum Gasteiger partial charge on any atom is 0.217 e. The van der Waals surface area contributed by atoms with Crippen LogP contribution in [0.4, 0.5) is 0 Å². The van der Waals surface area contributed by atoms with Gasteiger partial charge in [-0.3, -0.25) is 9.69 Å². The second-order valence-corrected chi connectivity index (χ2v) is 5.54. The molecule has 104 valence electrons. The van der Waals surface area contributed by atoms with Crippen LogP contribution in [0.3, 0.4) is 0 Å². The molecule has 5 heteroatoms. The molecule has 2 atom stereocenters. The van der Waals surface area contributed by atoms with E-state index in [1.54, 1.807) is 6.92 Å². The van der Waals surface area contributed by atoms with Crippen molar-refractivity contribution < 1.29 is 4.79 Å². The third-order valence-corrected chi connectivity index (χ3v) is 3.65. The lowest BCUT2D eigenvalue weighted by atomic mass is 10.1. The van der Waals surface area contributed by atoms with E-state index in [0.29, 0.717) is 5.02 Å². The molecule has 1 unspecified atom stereocenters. The van der Waals surface area contributed by atoms with E-state index in [1.807, 2.05) is 24.3 Å². The number of carbonyl (C=O) groups is 1. The van der Waals surface area contributed by atoms with Gasteiger partial charge in [0.1, 0.15) is 0 Å². The zero-order valence-electron chi connectivity index (χ0n) is 11.1. The van der Waals surface area contributed by atoms with Crippen LogP contribution >= 0.6 is 11.6 Å². The monoisotopic (exact) mass is 281 g/mol. The Balaban J connectivity index is 1.87. The minimum atomic E-state index is -0.0465. The van der Waals surface area contributed by atoms with Gasteiger partial charge in [0.05, 0.1) is 0 Å². The third kappa shape index (κ3) is 4.20. The maximum atomic E-state index is 11.0. The van der Waals surface area contributed by atoms with E-state index in [1.165, 1.54) is 0 Å². The number of rotatable bonds is 4. The number of carbonyl (C=O) groups excluding carboxylic acids is 1. The summed E-state index contributed by atoms with van der Waals surface area (Å²) in [7, 11) is 0. The predicted molar refractivity (Wildman–Crippen MR) is 77.0 cm³/mol. The molecule has 0 spiro atoms. The van der Waals surface area contributed by atoms with Crippen LogP contribution in [0, 0.1) is 0 Å². The molecule has 0 radical (unpaired) electrons. The van der Waals surface area contributed by atoms with E-state index in [2.05, 4.69) is 10.2 Å². The molecule has 3 N–H and O–H groups in total. The van der Waals surface area contributed by atoms with Gasteiger partial charge in [0.2, 0.25) is 5.91 Å². The lowest BCUT2D eigenvalue weighted by Crippen LogP contribution is -2.37. The minimum Gasteiger partial charge on any atom is -0.352 e. The van der Waals surface area contributed by atoms with Crippen LogP contribution in [-0.2, 0) is 4.79 Å². The molecule has 1 aliphatic heterocycles. The van der Waals surface area contributed by atoms with Gasteiger partial charge in [0.25, 0.3) is 0 Å². The Hall–Kier alpha value is -1.10. The summed E-state index contributed by atoms with van der Waals surface area (Å²) in [6.45, 7) is 4.18. The second kappa shape index (κ2) is 6.37. The second-order valence-electron chi connectivity index (χ2n) is 5.11. The molecule has 0 bridgehead atoms. The lowest BCUT2D eigenvalue weighted by molar-refractivity contribution is -0.119. The van der Waals surface area contributed by atoms with Crippen molar-refractivity contribution >= 4 is 17.5 Å². The number of hydrogen-bond acceptors (Lipinski definition) is 3. The molecule has 1 amide bonds. The van der Waals surface area contributed by atoms with E-state index in [-0.39, 0.29) is 18.0 Å². The SMILES string of the molecule is CC(=O)NC1CCN(C[C@H](N)c2cccc(Cl)c2)C1. The molecule has 1 aliphatic rings. The van der Waals surface area contributed by atoms with Gasteiger partial charge >= 0.3 is 0 Å². The van der Waals surface area contributed by atoms with Crippen molar-refractivity contribution in [1.82, 2.24) is 10.2 Å². The van der Waals surface area contributed by atoms with Crippen LogP contribution in [0.5, 0.6) is 0 Å². The Bertz CT molecular complexity index is 452. The average Bonchev–Trinajstić information content (AvgIpc) is 2.75. The molecule has 0 aromatic heterocycles. The van der Waals surface area contributed by atoms with E-state index in [9.17, 15) is 4.79 Å². The summed E-state index contributed by atoms with van der Waals surface area (Å²) in [5.74, 6) is 0.0333. The fourth-order valence-electron chi connectivity index (χ4n) is 2.52. The molecule has 1 heterocycles. The van der Waals surface area contributed by atoms with Crippen molar-refractivity contribution in [3.8, 4) is 0 Å². The van der Waals surface area contributed by atoms with Gasteiger partial charge in [-0.15, -0.1) is 0 Å². The molecule has 0 aliphatic carbocycles. The summed E-state index contributed by atoms with van der Waals surface area (Å²) in [5.41, 5.74) is 7.25. The Morgan fingerprint density at radius 2 is 2.42 bits per heavy atom. The number of nitrogens with zero attached hydrogens (tertiary/aromatic N) is 1. The highest BCUT2D eigenvalue weighted by Crippen LogP contribution is 2.19. The van der Waals surface area contributed by atoms with E-state index < -0.39 is 0 Å². The van der Waals surface area contributed by atoms with Crippen molar-refractivity contribution in [2.45, 2.75) is 25.4 Å². The van der Waals surface area contributed by atoms with Gasteiger partial charge in [-0.25, -0.2) is 0 Å². The molecule has 1 aromatic carbocycles. The average molecular weight is 282 g/mol. The van der Waals surface area contributed by atoms with Crippen molar-refractivity contribution in [3.63, 3.8) is 0 Å². The molecule has 2 rings (SSSR count). The molecular formula is C14H20ClN3O. The molecule has 19 heavy (non-hydrogen) atoms. The number of amides is 1. The predicted octanol–water partition coefficient (Wildman–Crippen LogP) is 1.55. The molecule has 1 fully saturated rings. The van der Waals surface area contributed by atoms with Crippen molar-refractivity contribution in [2.24, 2.45) is 5.73 Å². The first-order valence-corrected chi connectivity index (χ1v) is 6.93. The zero-order chi connectivity index (χ0) is 13.8. The summed E-state index contributed by atoms with van der Waals surface area (Å²) in [5, 5.41) is 3.66. The fraction of sp³-hybridized carbons (Fsp3) is 0.500. The smallest absolute Gasteiger partial charge is 0.217 e. The first-order chi connectivity index (χ1) is 9.04. The van der Waals surface area contributed by atoms with Gasteiger partial charge in [-0.1, -0.05) is 23.7 Å². The van der Waals surface area contributed by atoms with Crippen molar-refractivity contribution in [3.05, 3.63) is 34.9 Å². The van der Waals surface area contributed by atoms with E-state index in [4.69, 9.17) is 17.3 Å². The third-order valence-electron chi connectivity index (χ3n) is 3.41. The van der Waals surface area contributed by atoms with Gasteiger partial charge in [0, 0.05) is 43.7 Å². The number of halogens is 1. The van der Waals surface area contributed by atoms with Crippen LogP contribution < -0.4 is 11.1 Å². The normalized spacial score (nSPS) is 21.3. The van der Waals surface area contributed by atoms with Crippen LogP contribution in [-0.4, -0.2) is 36.5 Å². The van der Waals surface area contributed by atoms with E-state index >= 15 is 0 Å². The largest absolute Gasteiger partial charge is 0.352 e. The van der Waals surface area contributed by atoms with Crippen LogP contribution in [0.15, 0.2) is 24.3 Å². The first kappa shape index (κ1) is 14.3. The lowest BCUT2D eigenvalue weighted by Gasteiger charge is -2.21. The number of likely N-dealkylation sites (tertiary alicyclic amines) is 1. The molecule has 4 nitrogen and oxygen atoms in total. The van der Waals surface area contributed by atoms with Gasteiger partial charge < -0.3 is 11.1 Å². The summed E-state index contributed by atoms with van der Waals surface area (Å²) < 4.78 is 0. The number of hydrogen-bond donors (Lipinski definition) is 2. The molecule has 1 saturated heterocycles. The Morgan fingerprint density at radius 3 is 3.11 bits per heavy atom. The first-order valence-electron chi connectivity index (χ1n) is 6.55. The molecule has 0 saturated carbocycles. The van der Waals surface area contributed by atoms with E-state index in [0.717, 1.165) is 31.6 Å². The summed E-state index contributed by atoms with van der Waals surface area (Å²) >= 11 is 5.97. The highest BCUT2D eigenvalue weighted by molar-refractivity contribution is 6.30. The summed E-state index contributed by atoms with van der Waals surface area (Å²) in [4.78, 5) is 13.3. The number of nitrogens with one attached hydrogen (secondary N) is 1. The van der Waals surface area contributed by atoms with Gasteiger partial charge in [-0.2, -0.15) is 0 Å². The molecule has 1 aromatic rings. The number of nitrogens with two attached hydrogens (primary N) is 1. The minimum absolute atomic E-state index is 0.0333. The standard InChI is InChI=1S/C14H20ClN3O/c1-10(19)17-13-5-6-18(8-13)9-14(16)11-3-2-4-12(15)7-11/h2-4,7,13-14H,5-6,8-9,16H2,1H3,(H,17,19)/t13?,14-/m0/s1. The van der Waals surface area contributed by atoms with Gasteiger partial charge in [-0.05, 0) is 24.1 Å². The number of benzene rings is 1. The summed E-state index contributed by atoms with van der Waals surface area (Å²) in [6, 6.07) is 7.88. The molecular weight excluding hydrogens is 262 g/mol. The highest BCUT2D eigenvalue weighted by atomic mass is 35.5. The summed E-state index contributed by atoms with van der Waals surface area (Å²) in [6.07, 6.45) is 0.988. The highest BCUT2D eigenvalue weighted by Gasteiger charge is 2.24. The fourth-order valence-corrected chi connectivity index (χ4v) is 2.72. The van der Waals surface area contributed by atoms with Crippen LogP contribution in [0.2, 0.25) is 5.02 Å². The Labute approximate surface area is 118 Å². The van der Waals surface area contributed by atoms with Gasteiger partial charge in [0.15, 0.2) is 0 Å². The Morgan fingerprint density at radius 1 is 1.63 bits per heavy atom. The maximum absolute atomic E-state index is 11.0. The topological polar surface area (TPSA) is 58.4 Å². The van der Waals surface area contributed by atoms with Crippen molar-refractivity contribution in [1.29, 1.82) is 0 Å². The van der Waals surface area contributed by atoms with Crippen molar-refractivity contribution in [2.75, 3.05) is 19.6 Å². The van der Waals surface area contributed by atoms with Crippen LogP contribution in [0.1, 0.15) is 24.9 Å².